The molecule has 1 heterocycles. The first kappa shape index (κ1) is 15.2. The van der Waals surface area contributed by atoms with E-state index in [1.54, 1.807) is 6.08 Å². The van der Waals surface area contributed by atoms with Crippen LogP contribution in [-0.4, -0.2) is 29.5 Å². The van der Waals surface area contributed by atoms with Gasteiger partial charge in [-0.05, 0) is 24.6 Å². The molecule has 1 aliphatic rings. The Labute approximate surface area is 130 Å². The smallest absolute Gasteiger partial charge is 0.129 e. The molecule has 0 unspecified atom stereocenters. The number of hydrogen-bond donors (Lipinski definition) is 0. The Morgan fingerprint density at radius 3 is 2.29 bits per heavy atom. The molecule has 1 aromatic carbocycles. The maximum atomic E-state index is 8.87. The fourth-order valence-corrected chi connectivity index (χ4v) is 3.08. The van der Waals surface area contributed by atoms with Crippen molar-refractivity contribution in [2.45, 2.75) is 6.92 Å². The van der Waals surface area contributed by atoms with Crippen LogP contribution in [0.2, 0.25) is 0 Å². The maximum Gasteiger partial charge on any atom is 0.129 e. The van der Waals surface area contributed by atoms with Crippen molar-refractivity contribution < 1.29 is 0 Å². The van der Waals surface area contributed by atoms with E-state index >= 15 is 0 Å². The summed E-state index contributed by atoms with van der Waals surface area (Å²) < 4.78 is 0. The van der Waals surface area contributed by atoms with Gasteiger partial charge in [0.15, 0.2) is 0 Å². The summed E-state index contributed by atoms with van der Waals surface area (Å²) in [7, 11) is 0. The molecular weight excluding hydrogens is 278 g/mol. The fourth-order valence-electron chi connectivity index (χ4n) is 2.17. The summed E-state index contributed by atoms with van der Waals surface area (Å²) in [6, 6.07) is 12.2. The van der Waals surface area contributed by atoms with Crippen LogP contribution in [0, 0.1) is 29.6 Å². The molecule has 0 atom stereocenters. The number of nitrogens with zero attached hydrogens (tertiary/aromatic N) is 3. The average molecular weight is 295 g/mol. The first-order valence-corrected chi connectivity index (χ1v) is 8.02. The molecule has 1 aromatic rings. The number of thioether (sulfide) groups is 1. The van der Waals surface area contributed by atoms with Gasteiger partial charge in [-0.1, -0.05) is 29.8 Å². The van der Waals surface area contributed by atoms with Gasteiger partial charge in [0.1, 0.15) is 17.7 Å². The zero-order valence-corrected chi connectivity index (χ0v) is 12.9. The molecule has 1 saturated heterocycles. The van der Waals surface area contributed by atoms with E-state index in [4.69, 9.17) is 10.5 Å². The van der Waals surface area contributed by atoms with Gasteiger partial charge in [-0.25, -0.2) is 0 Å². The first-order chi connectivity index (χ1) is 10.2. The normalized spacial score (nSPS) is 15.0. The van der Waals surface area contributed by atoms with Crippen LogP contribution in [0.4, 0.5) is 0 Å². The summed E-state index contributed by atoms with van der Waals surface area (Å²) in [5.41, 5.74) is 3.56. The lowest BCUT2D eigenvalue weighted by Crippen LogP contribution is -2.31. The molecule has 1 aliphatic heterocycles. The third-order valence-corrected chi connectivity index (χ3v) is 4.29. The van der Waals surface area contributed by atoms with Crippen molar-refractivity contribution >= 4 is 17.5 Å². The highest BCUT2D eigenvalue weighted by atomic mass is 32.2. The first-order valence-electron chi connectivity index (χ1n) is 6.86. The molecule has 0 N–H and O–H groups in total. The lowest BCUT2D eigenvalue weighted by molar-refractivity contribution is 0.439. The van der Waals surface area contributed by atoms with Crippen molar-refractivity contribution in [3.8, 4) is 12.1 Å². The van der Waals surface area contributed by atoms with Crippen LogP contribution >= 0.6 is 11.8 Å². The number of benzene rings is 1. The van der Waals surface area contributed by atoms with E-state index in [0.717, 1.165) is 35.9 Å². The van der Waals surface area contributed by atoms with Gasteiger partial charge < -0.3 is 4.90 Å². The molecule has 21 heavy (non-hydrogen) atoms. The molecule has 0 amide bonds. The predicted octanol–water partition coefficient (Wildman–Crippen LogP) is 3.36. The van der Waals surface area contributed by atoms with E-state index in [1.807, 2.05) is 30.0 Å². The van der Waals surface area contributed by atoms with Crippen LogP contribution in [0.25, 0.3) is 5.70 Å². The second kappa shape index (κ2) is 7.57. The van der Waals surface area contributed by atoms with Crippen molar-refractivity contribution in [3.63, 3.8) is 0 Å². The zero-order valence-electron chi connectivity index (χ0n) is 12.0. The van der Waals surface area contributed by atoms with Crippen LogP contribution in [0.15, 0.2) is 42.0 Å². The highest BCUT2D eigenvalue weighted by molar-refractivity contribution is 7.99. The Bertz CT molecular complexity index is 607. The lowest BCUT2D eigenvalue weighted by Gasteiger charge is -2.31. The summed E-state index contributed by atoms with van der Waals surface area (Å²) in [5, 5.41) is 17.7. The third kappa shape index (κ3) is 4.15. The Balaban J connectivity index is 2.37. The summed E-state index contributed by atoms with van der Waals surface area (Å²) in [6.07, 6.45) is 3.50. The second-order valence-electron chi connectivity index (χ2n) is 4.82. The van der Waals surface area contributed by atoms with Gasteiger partial charge in [0, 0.05) is 30.3 Å². The molecule has 1 fully saturated rings. The maximum absolute atomic E-state index is 8.87. The van der Waals surface area contributed by atoms with Gasteiger partial charge in [0.2, 0.25) is 0 Å². The minimum absolute atomic E-state index is 0.131. The van der Waals surface area contributed by atoms with Crippen LogP contribution < -0.4 is 0 Å². The van der Waals surface area contributed by atoms with E-state index in [9.17, 15) is 0 Å². The Kier molecular flexibility index (Phi) is 5.49. The molecule has 0 bridgehead atoms. The Morgan fingerprint density at radius 1 is 1.10 bits per heavy atom. The van der Waals surface area contributed by atoms with E-state index in [2.05, 4.69) is 36.1 Å². The van der Waals surface area contributed by atoms with Crippen molar-refractivity contribution in [2.24, 2.45) is 0 Å². The third-order valence-electron chi connectivity index (χ3n) is 3.35. The number of hydrogen-bond acceptors (Lipinski definition) is 4. The molecular formula is C17H17N3S. The molecule has 0 spiro atoms. The molecule has 0 aliphatic carbocycles. The standard InChI is InChI=1S/C17H17N3S/c1-14-2-5-16(6-3-14)17(7-4-15(12-18)13-19)20-8-10-21-11-9-20/h2-7H,8-11H2,1H3. The average Bonchev–Trinajstić information content (AvgIpc) is 2.54. The van der Waals surface area contributed by atoms with E-state index in [-0.39, 0.29) is 5.57 Å². The van der Waals surface area contributed by atoms with E-state index in [1.165, 1.54) is 5.56 Å². The van der Waals surface area contributed by atoms with Crippen molar-refractivity contribution in [1.82, 2.24) is 4.90 Å². The second-order valence-corrected chi connectivity index (χ2v) is 6.05. The Hall–Kier alpha value is -2.17. The lowest BCUT2D eigenvalue weighted by atomic mass is 10.1. The van der Waals surface area contributed by atoms with Crippen molar-refractivity contribution in [1.29, 1.82) is 10.5 Å². The van der Waals surface area contributed by atoms with Crippen molar-refractivity contribution in [3.05, 3.63) is 53.1 Å². The molecule has 2 rings (SSSR count). The van der Waals surface area contributed by atoms with Crippen LogP contribution in [0.3, 0.4) is 0 Å². The summed E-state index contributed by atoms with van der Waals surface area (Å²) in [4.78, 5) is 2.32. The molecule has 3 nitrogen and oxygen atoms in total. The van der Waals surface area contributed by atoms with Crippen LogP contribution in [0.1, 0.15) is 11.1 Å². The minimum atomic E-state index is 0.131. The molecule has 0 aromatic heterocycles. The van der Waals surface area contributed by atoms with Gasteiger partial charge in [-0.3, -0.25) is 0 Å². The number of aryl methyl sites for hydroxylation is 1. The number of allylic oxidation sites excluding steroid dienone is 3. The zero-order chi connectivity index (χ0) is 15.1. The quantitative estimate of drug-likeness (QED) is 0.634. The number of nitriles is 2. The SMILES string of the molecule is Cc1ccc(C(=CC=C(C#N)C#N)N2CCSCC2)cc1. The molecule has 0 saturated carbocycles. The van der Waals surface area contributed by atoms with Crippen LogP contribution in [0.5, 0.6) is 0 Å². The van der Waals surface area contributed by atoms with Crippen molar-refractivity contribution in [2.75, 3.05) is 24.6 Å². The van der Waals surface area contributed by atoms with E-state index < -0.39 is 0 Å². The predicted molar refractivity (Wildman–Crippen MR) is 87.4 cm³/mol. The van der Waals surface area contributed by atoms with Gasteiger partial charge in [0.05, 0.1) is 0 Å². The van der Waals surface area contributed by atoms with Crippen LogP contribution in [-0.2, 0) is 0 Å². The van der Waals surface area contributed by atoms with Gasteiger partial charge in [0.25, 0.3) is 0 Å². The monoisotopic (exact) mass is 295 g/mol. The topological polar surface area (TPSA) is 50.8 Å². The van der Waals surface area contributed by atoms with E-state index in [0.29, 0.717) is 0 Å². The molecule has 0 radical (unpaired) electrons. The largest absolute Gasteiger partial charge is 0.369 e. The fraction of sp³-hybridized carbons (Fsp3) is 0.294. The highest BCUT2D eigenvalue weighted by Gasteiger charge is 2.14. The minimum Gasteiger partial charge on any atom is -0.369 e. The van der Waals surface area contributed by atoms with Gasteiger partial charge >= 0.3 is 0 Å². The summed E-state index contributed by atoms with van der Waals surface area (Å²) in [5.74, 6) is 2.21. The van der Waals surface area contributed by atoms with Gasteiger partial charge in [-0.15, -0.1) is 0 Å². The Morgan fingerprint density at radius 2 is 1.71 bits per heavy atom. The highest BCUT2D eigenvalue weighted by Crippen LogP contribution is 2.24. The molecule has 106 valence electrons. The molecule has 4 heteroatoms. The van der Waals surface area contributed by atoms with Gasteiger partial charge in [-0.2, -0.15) is 22.3 Å². The summed E-state index contributed by atoms with van der Waals surface area (Å²) in [6.45, 7) is 4.05. The summed E-state index contributed by atoms with van der Waals surface area (Å²) >= 11 is 1.96. The number of rotatable bonds is 3.